The number of nitrogens with zero attached hydrogens (tertiary/aromatic N) is 6. The number of benzene rings is 1. The zero-order valence-corrected chi connectivity index (χ0v) is 22.1. The summed E-state index contributed by atoms with van der Waals surface area (Å²) in [5, 5.41) is 0. The maximum Gasteiger partial charge on any atom is 0.159 e. The summed E-state index contributed by atoms with van der Waals surface area (Å²) < 4.78 is 29.8. The summed E-state index contributed by atoms with van der Waals surface area (Å²) in [6, 6.07) is 4.03. The van der Waals surface area contributed by atoms with Crippen molar-refractivity contribution in [2.45, 2.75) is 57.4 Å². The number of rotatable bonds is 6. The van der Waals surface area contributed by atoms with Crippen LogP contribution in [0.5, 0.6) is 0 Å². The number of piperidine rings is 1. The Balaban J connectivity index is 1.24. The van der Waals surface area contributed by atoms with Gasteiger partial charge in [0.25, 0.3) is 0 Å². The lowest BCUT2D eigenvalue weighted by atomic mass is 9.84. The summed E-state index contributed by atoms with van der Waals surface area (Å²) in [6.07, 6.45) is 7.97. The lowest BCUT2D eigenvalue weighted by Crippen LogP contribution is -2.39. The number of likely N-dealkylation sites (tertiary alicyclic amines) is 1. The molecule has 0 radical (unpaired) electrons. The van der Waals surface area contributed by atoms with E-state index in [4.69, 9.17) is 9.82 Å². The van der Waals surface area contributed by atoms with E-state index in [-0.39, 0.29) is 11.3 Å². The third-order valence-electron chi connectivity index (χ3n) is 8.14. The summed E-state index contributed by atoms with van der Waals surface area (Å²) in [5.41, 5.74) is 5.16. The van der Waals surface area contributed by atoms with Gasteiger partial charge in [0.2, 0.25) is 0 Å². The van der Waals surface area contributed by atoms with Crippen molar-refractivity contribution in [3.05, 3.63) is 53.7 Å². The van der Waals surface area contributed by atoms with Crippen molar-refractivity contribution in [3.8, 4) is 11.3 Å². The molecule has 6 rings (SSSR count). The molecule has 3 aromatic rings. The van der Waals surface area contributed by atoms with Crippen LogP contribution in [0.4, 0.5) is 20.4 Å². The van der Waals surface area contributed by atoms with Crippen LogP contribution in [0.2, 0.25) is 0 Å². The van der Waals surface area contributed by atoms with Gasteiger partial charge in [0.15, 0.2) is 17.5 Å². The number of nitrogens with one attached hydrogen (secondary N) is 1. The first-order valence-electron chi connectivity index (χ1n) is 13.6. The van der Waals surface area contributed by atoms with E-state index < -0.39 is 11.6 Å². The van der Waals surface area contributed by atoms with Crippen LogP contribution in [-0.2, 0) is 16.8 Å². The Morgan fingerprint density at radius 1 is 1.03 bits per heavy atom. The Morgan fingerprint density at radius 3 is 2.58 bits per heavy atom. The van der Waals surface area contributed by atoms with Crippen molar-refractivity contribution in [1.82, 2.24) is 24.4 Å². The topological polar surface area (TPSA) is 71.3 Å². The van der Waals surface area contributed by atoms with E-state index in [9.17, 15) is 8.78 Å². The number of imidazole rings is 1. The molecule has 2 saturated heterocycles. The third-order valence-corrected chi connectivity index (χ3v) is 8.14. The molecule has 10 heteroatoms. The molecule has 1 aromatic carbocycles. The van der Waals surface area contributed by atoms with Gasteiger partial charge in [-0.1, -0.05) is 13.8 Å². The highest BCUT2D eigenvalue weighted by Crippen LogP contribution is 2.40. The third kappa shape index (κ3) is 4.87. The molecular weight excluding hydrogens is 488 g/mol. The fraction of sp³-hybridized carbons (Fsp3) is 0.536. The average Bonchev–Trinajstić information content (AvgIpc) is 3.59. The van der Waals surface area contributed by atoms with Crippen LogP contribution in [0.15, 0.2) is 30.7 Å². The number of hydrogen-bond donors (Lipinski definition) is 1. The molecule has 0 atom stereocenters. The normalized spacial score (nSPS) is 19.9. The first-order chi connectivity index (χ1) is 18.4. The van der Waals surface area contributed by atoms with Gasteiger partial charge in [-0.2, -0.15) is 0 Å². The minimum Gasteiger partial charge on any atom is -0.356 e. The highest BCUT2D eigenvalue weighted by Gasteiger charge is 2.36. The molecule has 202 valence electrons. The van der Waals surface area contributed by atoms with Crippen LogP contribution in [0.3, 0.4) is 0 Å². The van der Waals surface area contributed by atoms with E-state index in [2.05, 4.69) is 43.7 Å². The van der Waals surface area contributed by atoms with Gasteiger partial charge in [-0.3, -0.25) is 4.84 Å². The lowest BCUT2D eigenvalue weighted by molar-refractivity contribution is 0.127. The van der Waals surface area contributed by atoms with Gasteiger partial charge in [0.1, 0.15) is 18.0 Å². The second-order valence-electron chi connectivity index (χ2n) is 11.3. The zero-order valence-electron chi connectivity index (χ0n) is 22.1. The number of anilines is 2. The molecule has 8 nitrogen and oxygen atoms in total. The van der Waals surface area contributed by atoms with Gasteiger partial charge in [-0.25, -0.2) is 29.2 Å². The van der Waals surface area contributed by atoms with Crippen LogP contribution in [0, 0.1) is 11.6 Å². The molecule has 0 saturated carbocycles. The summed E-state index contributed by atoms with van der Waals surface area (Å²) in [7, 11) is 0. The van der Waals surface area contributed by atoms with Gasteiger partial charge in [-0.05, 0) is 57.0 Å². The second kappa shape index (κ2) is 10.2. The maximum atomic E-state index is 14.0. The van der Waals surface area contributed by atoms with Crippen LogP contribution in [0.1, 0.15) is 56.8 Å². The average molecular weight is 524 g/mol. The minimum absolute atomic E-state index is 0.195. The number of fused-ring (bicyclic) bond motifs is 1. The molecule has 2 aromatic heterocycles. The Labute approximate surface area is 222 Å². The number of aromatic nitrogens is 4. The molecule has 3 aliphatic heterocycles. The smallest absolute Gasteiger partial charge is 0.159 e. The Hall–Kier alpha value is -3.11. The summed E-state index contributed by atoms with van der Waals surface area (Å²) in [4.78, 5) is 24.5. The molecule has 1 N–H and O–H groups in total. The van der Waals surface area contributed by atoms with Crippen LogP contribution in [0.25, 0.3) is 11.3 Å². The molecule has 3 aliphatic rings. The lowest BCUT2D eigenvalue weighted by Gasteiger charge is -2.38. The van der Waals surface area contributed by atoms with Crippen LogP contribution in [-0.4, -0.2) is 63.7 Å². The first kappa shape index (κ1) is 25.2. The number of halogens is 2. The highest BCUT2D eigenvalue weighted by atomic mass is 19.2. The molecule has 38 heavy (non-hydrogen) atoms. The van der Waals surface area contributed by atoms with Crippen LogP contribution < -0.4 is 10.4 Å². The van der Waals surface area contributed by atoms with E-state index >= 15 is 0 Å². The number of hydrogen-bond acceptors (Lipinski definition) is 7. The standard InChI is InChI=1S/C28H35F2N7O/c1-28(2)17-38-34-25-24(28)27(32-18-31-25)36-11-7-19(8-12-36)26-33-23(20-5-6-21(29)22(30)15-20)16-37(26)14-13-35-9-3-4-10-35/h5-6,15-16,18-19H,3-4,7-14,17H2,1-2H3,(H,31,32,34). The zero-order chi connectivity index (χ0) is 26.3. The van der Waals surface area contributed by atoms with Crippen molar-refractivity contribution in [1.29, 1.82) is 0 Å². The predicted molar refractivity (Wildman–Crippen MR) is 142 cm³/mol. The molecule has 0 aliphatic carbocycles. The summed E-state index contributed by atoms with van der Waals surface area (Å²) in [5.74, 6) is 1.32. The van der Waals surface area contributed by atoms with E-state index in [1.807, 2.05) is 6.20 Å². The fourth-order valence-electron chi connectivity index (χ4n) is 6.01. The monoisotopic (exact) mass is 523 g/mol. The molecule has 0 bridgehead atoms. The fourth-order valence-corrected chi connectivity index (χ4v) is 6.01. The summed E-state index contributed by atoms with van der Waals surface area (Å²) >= 11 is 0. The predicted octanol–water partition coefficient (Wildman–Crippen LogP) is 4.73. The first-order valence-corrected chi connectivity index (χ1v) is 13.6. The Kier molecular flexibility index (Phi) is 6.77. The van der Waals surface area contributed by atoms with Crippen molar-refractivity contribution in [2.24, 2.45) is 0 Å². The van der Waals surface area contributed by atoms with Crippen LogP contribution >= 0.6 is 0 Å². The Morgan fingerprint density at radius 2 is 1.82 bits per heavy atom. The second-order valence-corrected chi connectivity index (χ2v) is 11.3. The van der Waals surface area contributed by atoms with Gasteiger partial charge < -0.3 is 14.4 Å². The highest BCUT2D eigenvalue weighted by molar-refractivity contribution is 5.63. The molecule has 2 fully saturated rings. The Bertz CT molecular complexity index is 1300. The minimum atomic E-state index is -0.847. The molecule has 0 spiro atoms. The van der Waals surface area contributed by atoms with E-state index in [0.717, 1.165) is 75.1 Å². The maximum absolute atomic E-state index is 14.0. The molecule has 0 amide bonds. The molecule has 5 heterocycles. The van der Waals surface area contributed by atoms with E-state index in [1.165, 1.54) is 25.0 Å². The van der Waals surface area contributed by atoms with Gasteiger partial charge in [0, 0.05) is 54.8 Å². The molecule has 0 unspecified atom stereocenters. The largest absolute Gasteiger partial charge is 0.356 e. The molecular formula is C28H35F2N7O. The quantitative estimate of drug-likeness (QED) is 0.501. The van der Waals surface area contributed by atoms with Gasteiger partial charge in [-0.15, -0.1) is 0 Å². The van der Waals surface area contributed by atoms with Crippen molar-refractivity contribution >= 4 is 11.6 Å². The van der Waals surface area contributed by atoms with Crippen molar-refractivity contribution < 1.29 is 13.6 Å². The van der Waals surface area contributed by atoms with E-state index in [1.54, 1.807) is 12.4 Å². The van der Waals surface area contributed by atoms with E-state index in [0.29, 0.717) is 17.9 Å². The van der Waals surface area contributed by atoms with Gasteiger partial charge in [0.05, 0.1) is 12.3 Å². The van der Waals surface area contributed by atoms with Crippen molar-refractivity contribution in [2.75, 3.05) is 49.7 Å². The van der Waals surface area contributed by atoms with Crippen molar-refractivity contribution in [3.63, 3.8) is 0 Å². The summed E-state index contributed by atoms with van der Waals surface area (Å²) in [6.45, 7) is 10.7. The van der Waals surface area contributed by atoms with Gasteiger partial charge >= 0.3 is 0 Å². The SMILES string of the molecule is CC1(C)CONc2ncnc(N3CCC(c4nc(-c5ccc(F)c(F)c5)cn4CCN4CCCC4)CC3)c21.